The van der Waals surface area contributed by atoms with E-state index in [9.17, 15) is 17.6 Å². The minimum absolute atomic E-state index is 0.0866. The summed E-state index contributed by atoms with van der Waals surface area (Å²) in [7, 11) is 1.47. The summed E-state index contributed by atoms with van der Waals surface area (Å²) in [6.07, 6.45) is 1.22. The second-order valence-electron chi connectivity index (χ2n) is 6.80. The maximum absolute atomic E-state index is 14.1. The van der Waals surface area contributed by atoms with Crippen molar-refractivity contribution < 1.29 is 27.0 Å². The van der Waals surface area contributed by atoms with Crippen LogP contribution >= 0.6 is 0 Å². The van der Waals surface area contributed by atoms with Crippen molar-refractivity contribution in [3.63, 3.8) is 0 Å². The molecule has 1 unspecified atom stereocenters. The van der Waals surface area contributed by atoms with Crippen molar-refractivity contribution in [2.24, 2.45) is 4.99 Å². The lowest BCUT2D eigenvalue weighted by Crippen LogP contribution is -2.33. The largest absolute Gasteiger partial charge is 0.499 e. The number of ether oxygens (including phenoxy) is 2. The van der Waals surface area contributed by atoms with Crippen molar-refractivity contribution in [1.82, 2.24) is 9.88 Å². The van der Waals surface area contributed by atoms with Crippen molar-refractivity contribution in [3.05, 3.63) is 58.6 Å². The van der Waals surface area contributed by atoms with Gasteiger partial charge in [-0.3, -0.25) is 9.73 Å². The zero-order valence-corrected chi connectivity index (χ0v) is 15.6. The molecule has 154 valence electrons. The van der Waals surface area contributed by atoms with Gasteiger partial charge in [-0.15, -0.1) is 0 Å². The van der Waals surface area contributed by atoms with Gasteiger partial charge < -0.3 is 14.6 Å². The van der Waals surface area contributed by atoms with E-state index in [1.165, 1.54) is 31.5 Å². The molecule has 1 aromatic carbocycles. The molecule has 2 aromatic rings. The highest BCUT2D eigenvalue weighted by Crippen LogP contribution is 2.32. The van der Waals surface area contributed by atoms with E-state index < -0.39 is 24.5 Å². The lowest BCUT2D eigenvalue weighted by molar-refractivity contribution is -0.161. The van der Waals surface area contributed by atoms with E-state index >= 15 is 0 Å². The molecule has 0 amide bonds. The molecular formula is C20H19F4N3O2. The van der Waals surface area contributed by atoms with E-state index in [1.807, 2.05) is 4.90 Å². The molecule has 2 aliphatic rings. The molecule has 1 atom stereocenters. The molecule has 0 saturated heterocycles. The number of halogens is 4. The number of aromatic nitrogens is 1. The van der Waals surface area contributed by atoms with E-state index in [2.05, 4.69) is 14.7 Å². The van der Waals surface area contributed by atoms with Crippen molar-refractivity contribution in [2.45, 2.75) is 32.2 Å². The number of hydrogen-bond donors (Lipinski definition) is 1. The Hall–Kier alpha value is -2.81. The summed E-state index contributed by atoms with van der Waals surface area (Å²) in [5, 5.41) is 0. The Balaban J connectivity index is 1.57. The smallest absolute Gasteiger partial charge is 0.347 e. The Morgan fingerprint density at radius 1 is 1.24 bits per heavy atom. The number of nitrogens with one attached hydrogen (secondary N) is 1. The third kappa shape index (κ3) is 3.87. The molecule has 0 fully saturated rings. The summed E-state index contributed by atoms with van der Waals surface area (Å²) in [4.78, 5) is 9.16. The van der Waals surface area contributed by atoms with E-state index in [0.29, 0.717) is 36.7 Å². The first-order valence-electron chi connectivity index (χ1n) is 9.10. The van der Waals surface area contributed by atoms with Crippen LogP contribution in [0.15, 0.2) is 40.7 Å². The number of hydrogen-bond acceptors (Lipinski definition) is 4. The van der Waals surface area contributed by atoms with Crippen LogP contribution < -0.4 is 0 Å². The second kappa shape index (κ2) is 7.90. The molecule has 0 radical (unpaired) electrons. The summed E-state index contributed by atoms with van der Waals surface area (Å²) in [5.41, 5.74) is 2.79. The number of benzene rings is 1. The monoisotopic (exact) mass is 409 g/mol. The van der Waals surface area contributed by atoms with Gasteiger partial charge in [0.15, 0.2) is 6.23 Å². The minimum atomic E-state index is -2.91. The Bertz CT molecular complexity index is 950. The third-order valence-electron chi connectivity index (χ3n) is 5.07. The van der Waals surface area contributed by atoms with Crippen LogP contribution in [0.2, 0.25) is 0 Å². The van der Waals surface area contributed by atoms with E-state index in [0.717, 1.165) is 11.3 Å². The van der Waals surface area contributed by atoms with Crippen LogP contribution in [0.3, 0.4) is 0 Å². The van der Waals surface area contributed by atoms with Crippen LogP contribution in [0.5, 0.6) is 0 Å². The van der Waals surface area contributed by atoms with Crippen LogP contribution in [0.1, 0.15) is 17.7 Å². The number of nitrogens with zero attached hydrogens (tertiary/aromatic N) is 2. The summed E-state index contributed by atoms with van der Waals surface area (Å²) in [5.74, 6) is -0.756. The number of allylic oxidation sites excluding steroid dienone is 1. The van der Waals surface area contributed by atoms with E-state index in [4.69, 9.17) is 4.74 Å². The highest BCUT2D eigenvalue weighted by Gasteiger charge is 2.28. The third-order valence-corrected chi connectivity index (χ3v) is 5.07. The van der Waals surface area contributed by atoms with Gasteiger partial charge in [0.1, 0.15) is 17.4 Å². The van der Waals surface area contributed by atoms with E-state index in [1.54, 1.807) is 6.07 Å². The van der Waals surface area contributed by atoms with Gasteiger partial charge in [0.05, 0.1) is 36.7 Å². The van der Waals surface area contributed by atoms with Crippen LogP contribution in [-0.2, 0) is 22.4 Å². The summed E-state index contributed by atoms with van der Waals surface area (Å²) in [6.45, 7) is -1.83. The number of rotatable bonds is 5. The van der Waals surface area contributed by atoms with Gasteiger partial charge in [-0.2, -0.15) is 8.78 Å². The quantitative estimate of drug-likeness (QED) is 0.753. The molecule has 9 heteroatoms. The minimum Gasteiger partial charge on any atom is -0.499 e. The summed E-state index contributed by atoms with van der Waals surface area (Å²) < 4.78 is 63.0. The van der Waals surface area contributed by atoms with Crippen molar-refractivity contribution >= 4 is 6.21 Å². The van der Waals surface area contributed by atoms with Gasteiger partial charge in [-0.25, -0.2) is 8.78 Å². The number of aliphatic imine (C=N–C) groups is 1. The molecule has 0 saturated carbocycles. The maximum Gasteiger partial charge on any atom is 0.347 e. The average Bonchev–Trinajstić information content (AvgIpc) is 3.10. The van der Waals surface area contributed by atoms with Gasteiger partial charge >= 0.3 is 6.61 Å². The molecule has 29 heavy (non-hydrogen) atoms. The van der Waals surface area contributed by atoms with Gasteiger partial charge in [-0.1, -0.05) is 6.07 Å². The maximum atomic E-state index is 14.1. The Morgan fingerprint density at radius 2 is 2.00 bits per heavy atom. The Kier molecular flexibility index (Phi) is 5.31. The molecule has 0 spiro atoms. The van der Waals surface area contributed by atoms with Crippen LogP contribution in [0.4, 0.5) is 17.6 Å². The number of fused-ring (bicyclic) bond motifs is 1. The molecule has 5 nitrogen and oxygen atoms in total. The number of alkyl halides is 2. The van der Waals surface area contributed by atoms with Gasteiger partial charge in [-0.05, 0) is 23.8 Å². The number of aromatic amines is 1. The van der Waals surface area contributed by atoms with E-state index in [-0.39, 0.29) is 12.0 Å². The molecule has 1 N–H and O–H groups in total. The topological polar surface area (TPSA) is 49.8 Å². The van der Waals surface area contributed by atoms with Crippen LogP contribution in [0.25, 0.3) is 11.3 Å². The lowest BCUT2D eigenvalue weighted by Gasteiger charge is -2.33. The highest BCUT2D eigenvalue weighted by molar-refractivity contribution is 5.79. The average molecular weight is 409 g/mol. The molecule has 2 aliphatic heterocycles. The number of methoxy groups -OCH3 is 1. The van der Waals surface area contributed by atoms with Gasteiger partial charge in [0.25, 0.3) is 0 Å². The number of H-pyrrole nitrogens is 1. The Labute approximate surface area is 164 Å². The standard InChI is InChI=1S/C20H19F4N3O2/c1-28-17-8-18(29-20(23)24)25-9-16(17)27-6-5-14-11(10-27)7-15(26-14)19-12(21)3-2-4-13(19)22/h2-4,7,9,18,20,26H,5-6,8,10H2,1H3. The number of dihydropyridines is 1. The van der Waals surface area contributed by atoms with Crippen molar-refractivity contribution in [2.75, 3.05) is 13.7 Å². The zero-order valence-electron chi connectivity index (χ0n) is 15.6. The molecule has 0 bridgehead atoms. The van der Waals surface area contributed by atoms with Crippen LogP contribution in [0, 0.1) is 11.6 Å². The first-order valence-corrected chi connectivity index (χ1v) is 9.10. The van der Waals surface area contributed by atoms with Gasteiger partial charge in [0, 0.05) is 25.2 Å². The fourth-order valence-electron chi connectivity index (χ4n) is 3.72. The second-order valence-corrected chi connectivity index (χ2v) is 6.80. The summed E-state index contributed by atoms with van der Waals surface area (Å²) >= 11 is 0. The Morgan fingerprint density at radius 3 is 2.69 bits per heavy atom. The fraction of sp³-hybridized carbons (Fsp3) is 0.350. The SMILES string of the molecule is COC1=C(N2CCc3[nH]c(-c4c(F)cccc4F)cc3C2)C=NC(OC(F)F)C1. The fourth-order valence-corrected chi connectivity index (χ4v) is 3.72. The molecule has 3 heterocycles. The normalized spacial score (nSPS) is 19.1. The summed E-state index contributed by atoms with van der Waals surface area (Å²) in [6, 6.07) is 5.50. The first kappa shape index (κ1) is 19.5. The predicted octanol–water partition coefficient (Wildman–Crippen LogP) is 4.22. The van der Waals surface area contributed by atoms with Crippen LogP contribution in [-0.4, -0.2) is 42.6 Å². The van der Waals surface area contributed by atoms with Crippen molar-refractivity contribution in [1.29, 1.82) is 0 Å². The molecule has 1 aromatic heterocycles. The zero-order chi connectivity index (χ0) is 20.5. The van der Waals surface area contributed by atoms with Crippen molar-refractivity contribution in [3.8, 4) is 11.3 Å². The molecule has 4 rings (SSSR count). The highest BCUT2D eigenvalue weighted by atomic mass is 19.3. The first-order chi connectivity index (χ1) is 14.0. The van der Waals surface area contributed by atoms with Gasteiger partial charge in [0.2, 0.25) is 0 Å². The molecule has 0 aliphatic carbocycles. The predicted molar refractivity (Wildman–Crippen MR) is 98.3 cm³/mol. The molecular weight excluding hydrogens is 390 g/mol. The lowest BCUT2D eigenvalue weighted by atomic mass is 10.1.